The van der Waals surface area contributed by atoms with Crippen molar-refractivity contribution in [3.8, 4) is 0 Å². The molecule has 0 bridgehead atoms. The summed E-state index contributed by atoms with van der Waals surface area (Å²) in [5.41, 5.74) is 5.64. The Labute approximate surface area is 79.3 Å². The lowest BCUT2D eigenvalue weighted by molar-refractivity contribution is 0.673. The lowest BCUT2D eigenvalue weighted by atomic mass is 10.4. The smallest absolute Gasteiger partial charge is 0.218 e. The van der Waals surface area contributed by atoms with Gasteiger partial charge in [0.25, 0.3) is 0 Å². The van der Waals surface area contributed by atoms with E-state index in [2.05, 4.69) is 22.9 Å². The maximum Gasteiger partial charge on any atom is 0.218 e. The molecule has 1 aromatic heterocycles. The molecule has 1 aromatic rings. The third kappa shape index (κ3) is 1.88. The van der Waals surface area contributed by atoms with Gasteiger partial charge in [0.2, 0.25) is 5.43 Å². The number of aromatic nitrogens is 1. The molecule has 0 aliphatic heterocycles. The van der Waals surface area contributed by atoms with Crippen molar-refractivity contribution in [3.63, 3.8) is 0 Å². The van der Waals surface area contributed by atoms with Gasteiger partial charge in [-0.1, -0.05) is 6.92 Å². The molecule has 0 aliphatic rings. The summed E-state index contributed by atoms with van der Waals surface area (Å²) in [4.78, 5) is 11.1. The highest BCUT2D eigenvalue weighted by Gasteiger charge is 2.00. The van der Waals surface area contributed by atoms with Crippen LogP contribution in [0.4, 0.5) is 5.69 Å². The Hall–Kier alpha value is -0.770. The summed E-state index contributed by atoms with van der Waals surface area (Å²) in [6, 6.07) is 0. The number of nitrogens with two attached hydrogens (primary N) is 1. The van der Waals surface area contributed by atoms with Gasteiger partial charge >= 0.3 is 0 Å². The Morgan fingerprint density at radius 2 is 2.25 bits per heavy atom. The molecule has 0 spiro atoms. The molecule has 12 heavy (non-hydrogen) atoms. The summed E-state index contributed by atoms with van der Waals surface area (Å²) in [6.07, 6.45) is 4.44. The summed E-state index contributed by atoms with van der Waals surface area (Å²) in [7, 11) is 0. The van der Waals surface area contributed by atoms with Crippen molar-refractivity contribution in [2.45, 2.75) is 19.9 Å². The summed E-state index contributed by atoms with van der Waals surface area (Å²) < 4.78 is 2.43. The van der Waals surface area contributed by atoms with Gasteiger partial charge in [-0.3, -0.25) is 4.79 Å². The molecular weight excluding hydrogens is 220 g/mol. The van der Waals surface area contributed by atoms with Gasteiger partial charge in [0.15, 0.2) is 0 Å². The van der Waals surface area contributed by atoms with E-state index in [0.717, 1.165) is 13.0 Å². The van der Waals surface area contributed by atoms with Gasteiger partial charge in [-0.05, 0) is 22.4 Å². The first-order valence-electron chi connectivity index (χ1n) is 3.80. The van der Waals surface area contributed by atoms with Gasteiger partial charge in [0.1, 0.15) is 0 Å². The number of rotatable bonds is 2. The molecule has 66 valence electrons. The van der Waals surface area contributed by atoms with Gasteiger partial charge < -0.3 is 10.3 Å². The fourth-order valence-electron chi connectivity index (χ4n) is 1.00. The topological polar surface area (TPSA) is 48.0 Å². The first-order valence-corrected chi connectivity index (χ1v) is 4.59. The van der Waals surface area contributed by atoms with Crippen molar-refractivity contribution in [3.05, 3.63) is 27.1 Å². The minimum atomic E-state index is -0.137. The molecule has 0 saturated heterocycles. The zero-order valence-electron chi connectivity index (χ0n) is 6.88. The zero-order valence-corrected chi connectivity index (χ0v) is 8.47. The van der Waals surface area contributed by atoms with Gasteiger partial charge in [-0.2, -0.15) is 0 Å². The van der Waals surface area contributed by atoms with E-state index < -0.39 is 0 Å². The fraction of sp³-hybridized carbons (Fsp3) is 0.375. The summed E-state index contributed by atoms with van der Waals surface area (Å²) >= 11 is 3.15. The van der Waals surface area contributed by atoms with Gasteiger partial charge in [0, 0.05) is 18.9 Å². The Balaban J connectivity index is 3.13. The largest absolute Gasteiger partial charge is 0.394 e. The summed E-state index contributed by atoms with van der Waals surface area (Å²) in [6.45, 7) is 2.95. The monoisotopic (exact) mass is 230 g/mol. The molecule has 0 fully saturated rings. The van der Waals surface area contributed by atoms with Crippen LogP contribution < -0.4 is 11.2 Å². The lowest BCUT2D eigenvalue weighted by Gasteiger charge is -2.05. The van der Waals surface area contributed by atoms with Gasteiger partial charge in [-0.15, -0.1) is 0 Å². The minimum Gasteiger partial charge on any atom is -0.394 e. The number of aryl methyl sites for hydroxylation is 1. The molecule has 0 amide bonds. The van der Waals surface area contributed by atoms with Crippen LogP contribution in [0.15, 0.2) is 21.7 Å². The summed E-state index contributed by atoms with van der Waals surface area (Å²) in [5.74, 6) is 0. The van der Waals surface area contributed by atoms with Gasteiger partial charge in [0.05, 0.1) is 10.2 Å². The van der Waals surface area contributed by atoms with Crippen LogP contribution in [-0.4, -0.2) is 4.57 Å². The van der Waals surface area contributed by atoms with Crippen LogP contribution >= 0.6 is 15.9 Å². The number of nitrogens with zero attached hydrogens (tertiary/aromatic N) is 1. The maximum atomic E-state index is 11.1. The van der Waals surface area contributed by atoms with Crippen LogP contribution in [0.5, 0.6) is 0 Å². The Bertz CT molecular complexity index is 306. The quantitative estimate of drug-likeness (QED) is 0.840. The third-order valence-electron chi connectivity index (χ3n) is 1.54. The van der Waals surface area contributed by atoms with E-state index in [4.69, 9.17) is 5.73 Å². The second-order valence-corrected chi connectivity index (χ2v) is 3.48. The number of nitrogen functional groups attached to an aromatic ring is 1. The normalized spacial score (nSPS) is 10.2. The van der Waals surface area contributed by atoms with E-state index >= 15 is 0 Å². The predicted octanol–water partition coefficient (Wildman–Crippen LogP) is 1.60. The predicted molar refractivity (Wildman–Crippen MR) is 53.1 cm³/mol. The molecule has 0 atom stereocenters. The molecule has 3 nitrogen and oxygen atoms in total. The van der Waals surface area contributed by atoms with E-state index in [0.29, 0.717) is 4.47 Å². The van der Waals surface area contributed by atoms with Crippen LogP contribution in [0.3, 0.4) is 0 Å². The fourth-order valence-corrected chi connectivity index (χ4v) is 1.50. The highest BCUT2D eigenvalue weighted by Crippen LogP contribution is 2.06. The molecule has 4 heteroatoms. The number of pyridine rings is 1. The number of anilines is 1. The van der Waals surface area contributed by atoms with Crippen LogP contribution in [0, 0.1) is 0 Å². The van der Waals surface area contributed by atoms with Crippen LogP contribution in [-0.2, 0) is 6.54 Å². The SMILES string of the molecule is CCCn1cc(N)c(=O)c(Br)c1. The Kier molecular flexibility index (Phi) is 2.92. The molecule has 2 N–H and O–H groups in total. The van der Waals surface area contributed by atoms with Crippen molar-refractivity contribution in [1.82, 2.24) is 4.57 Å². The first-order chi connectivity index (χ1) is 5.65. The van der Waals surface area contributed by atoms with Crippen LogP contribution in [0.1, 0.15) is 13.3 Å². The maximum absolute atomic E-state index is 11.1. The Morgan fingerprint density at radius 3 is 2.75 bits per heavy atom. The molecule has 1 rings (SSSR count). The van der Waals surface area contributed by atoms with E-state index in [1.807, 2.05) is 4.57 Å². The highest BCUT2D eigenvalue weighted by atomic mass is 79.9. The highest BCUT2D eigenvalue weighted by molar-refractivity contribution is 9.10. The molecule has 0 radical (unpaired) electrons. The second-order valence-electron chi connectivity index (χ2n) is 2.63. The minimum absolute atomic E-state index is 0.137. The van der Waals surface area contributed by atoms with Crippen molar-refractivity contribution >= 4 is 21.6 Å². The number of hydrogen-bond donors (Lipinski definition) is 1. The van der Waals surface area contributed by atoms with E-state index in [1.165, 1.54) is 0 Å². The standard InChI is InChI=1S/C8H11BrN2O/c1-2-3-11-4-6(9)8(12)7(10)5-11/h4-5H,2-3,10H2,1H3. The molecule has 0 unspecified atom stereocenters. The lowest BCUT2D eigenvalue weighted by Crippen LogP contribution is -2.12. The number of halogens is 1. The first kappa shape index (κ1) is 9.32. The molecule has 1 heterocycles. The van der Waals surface area contributed by atoms with Crippen LogP contribution in [0.2, 0.25) is 0 Å². The number of hydrogen-bond acceptors (Lipinski definition) is 2. The van der Waals surface area contributed by atoms with E-state index in [-0.39, 0.29) is 11.1 Å². The molecule has 0 aromatic carbocycles. The average Bonchev–Trinajstić information content (AvgIpc) is 2.01. The second kappa shape index (κ2) is 3.76. The van der Waals surface area contributed by atoms with E-state index in [9.17, 15) is 4.79 Å². The summed E-state index contributed by atoms with van der Waals surface area (Å²) in [5, 5.41) is 0. The van der Waals surface area contributed by atoms with Gasteiger partial charge in [-0.25, -0.2) is 0 Å². The molecule has 0 saturated carbocycles. The average molecular weight is 231 g/mol. The molecule has 0 aliphatic carbocycles. The molecular formula is C8H11BrN2O. The zero-order chi connectivity index (χ0) is 9.14. The van der Waals surface area contributed by atoms with Crippen molar-refractivity contribution in [2.24, 2.45) is 0 Å². The van der Waals surface area contributed by atoms with Crippen molar-refractivity contribution in [1.29, 1.82) is 0 Å². The third-order valence-corrected chi connectivity index (χ3v) is 2.11. The van der Waals surface area contributed by atoms with Crippen molar-refractivity contribution < 1.29 is 0 Å². The Morgan fingerprint density at radius 1 is 1.58 bits per heavy atom. The van der Waals surface area contributed by atoms with Crippen molar-refractivity contribution in [2.75, 3.05) is 5.73 Å². The van der Waals surface area contributed by atoms with Crippen LogP contribution in [0.25, 0.3) is 0 Å². The van der Waals surface area contributed by atoms with E-state index in [1.54, 1.807) is 12.4 Å².